The Kier molecular flexibility index (Phi) is 2.46. The fraction of sp³-hybridized carbons (Fsp3) is 0.714. The van der Waals surface area contributed by atoms with Crippen molar-refractivity contribution in [3.05, 3.63) is 0 Å². The molecule has 0 aromatic rings. The van der Waals surface area contributed by atoms with Crippen LogP contribution < -0.4 is 5.11 Å². The number of carbonyl (C=O) groups is 2. The number of aliphatic carboxylic acids is 1. The lowest BCUT2D eigenvalue weighted by Crippen LogP contribution is -2.31. The van der Waals surface area contributed by atoms with Gasteiger partial charge in [-0.05, 0) is 6.42 Å². The van der Waals surface area contributed by atoms with Crippen molar-refractivity contribution in [1.29, 1.82) is 0 Å². The maximum atomic E-state index is 10.9. The van der Waals surface area contributed by atoms with Crippen molar-refractivity contribution in [2.24, 2.45) is 0 Å². The predicted molar refractivity (Wildman–Crippen MR) is 35.4 cm³/mol. The molecule has 4 nitrogen and oxygen atoms in total. The van der Waals surface area contributed by atoms with Crippen LogP contribution in [-0.2, 0) is 9.59 Å². The summed E-state index contributed by atoms with van der Waals surface area (Å²) in [5.41, 5.74) is 0. The molecular formula is C7H10NO3-. The van der Waals surface area contributed by atoms with Crippen molar-refractivity contribution < 1.29 is 14.7 Å². The minimum atomic E-state index is -1.09. The molecule has 1 aliphatic heterocycles. The van der Waals surface area contributed by atoms with Crippen molar-refractivity contribution in [2.45, 2.75) is 19.3 Å². The lowest BCUT2D eigenvalue weighted by atomic mass is 10.4. The van der Waals surface area contributed by atoms with Crippen LogP contribution in [-0.4, -0.2) is 29.9 Å². The smallest absolute Gasteiger partial charge is 0.222 e. The zero-order valence-electron chi connectivity index (χ0n) is 6.21. The second kappa shape index (κ2) is 3.37. The van der Waals surface area contributed by atoms with E-state index in [1.807, 2.05) is 0 Å². The van der Waals surface area contributed by atoms with Crippen LogP contribution >= 0.6 is 0 Å². The normalized spacial score (nSPS) is 17.5. The molecule has 0 bridgehead atoms. The molecular weight excluding hydrogens is 146 g/mol. The highest BCUT2D eigenvalue weighted by molar-refractivity contribution is 5.78. The van der Waals surface area contributed by atoms with Gasteiger partial charge in [-0.25, -0.2) is 0 Å². The van der Waals surface area contributed by atoms with E-state index in [0.29, 0.717) is 19.5 Å². The van der Waals surface area contributed by atoms with Crippen molar-refractivity contribution in [1.82, 2.24) is 4.90 Å². The minimum Gasteiger partial charge on any atom is -0.550 e. The highest BCUT2D eigenvalue weighted by Gasteiger charge is 2.18. The topological polar surface area (TPSA) is 60.4 Å². The molecule has 0 radical (unpaired) electrons. The predicted octanol–water partition coefficient (Wildman–Crippen LogP) is -1.25. The van der Waals surface area contributed by atoms with Gasteiger partial charge in [0.05, 0.1) is 0 Å². The Morgan fingerprint density at radius 3 is 2.82 bits per heavy atom. The van der Waals surface area contributed by atoms with Crippen molar-refractivity contribution in [3.8, 4) is 0 Å². The van der Waals surface area contributed by atoms with E-state index in [4.69, 9.17) is 0 Å². The van der Waals surface area contributed by atoms with Crippen LogP contribution in [0, 0.1) is 0 Å². The van der Waals surface area contributed by atoms with Crippen LogP contribution in [0.5, 0.6) is 0 Å². The first-order chi connectivity index (χ1) is 5.20. The van der Waals surface area contributed by atoms with Crippen LogP contribution in [0.1, 0.15) is 19.3 Å². The Morgan fingerprint density at radius 1 is 1.64 bits per heavy atom. The van der Waals surface area contributed by atoms with Crippen molar-refractivity contribution >= 4 is 11.9 Å². The molecule has 62 valence electrons. The van der Waals surface area contributed by atoms with Crippen LogP contribution in [0.15, 0.2) is 0 Å². The molecule has 4 heteroatoms. The molecule has 1 amide bonds. The molecule has 0 saturated carbocycles. The number of carboxylic acids is 1. The van der Waals surface area contributed by atoms with Crippen molar-refractivity contribution in [3.63, 3.8) is 0 Å². The molecule has 0 atom stereocenters. The fourth-order valence-electron chi connectivity index (χ4n) is 1.17. The summed E-state index contributed by atoms with van der Waals surface area (Å²) in [6.07, 6.45) is 1.37. The second-order valence-electron chi connectivity index (χ2n) is 2.61. The molecule has 0 aromatic heterocycles. The molecule has 1 rings (SSSR count). The maximum Gasteiger partial charge on any atom is 0.222 e. The third-order valence-corrected chi connectivity index (χ3v) is 1.76. The Balaban J connectivity index is 2.26. The lowest BCUT2D eigenvalue weighted by molar-refractivity contribution is -0.305. The molecule has 1 aliphatic rings. The molecule has 0 spiro atoms. The van der Waals surface area contributed by atoms with Gasteiger partial charge in [0.25, 0.3) is 0 Å². The highest BCUT2D eigenvalue weighted by Crippen LogP contribution is 2.08. The summed E-state index contributed by atoms with van der Waals surface area (Å²) in [6.45, 7) is 1.01. The summed E-state index contributed by atoms with van der Waals surface area (Å²) in [5.74, 6) is -1.03. The summed E-state index contributed by atoms with van der Waals surface area (Å²) in [7, 11) is 0. The summed E-state index contributed by atoms with van der Waals surface area (Å²) >= 11 is 0. The Labute approximate surface area is 64.8 Å². The zero-order valence-corrected chi connectivity index (χ0v) is 6.21. The van der Waals surface area contributed by atoms with E-state index in [2.05, 4.69) is 0 Å². The van der Waals surface area contributed by atoms with Crippen LogP contribution in [0.25, 0.3) is 0 Å². The van der Waals surface area contributed by atoms with Crippen molar-refractivity contribution in [2.75, 3.05) is 13.1 Å². The van der Waals surface area contributed by atoms with Gasteiger partial charge in [-0.3, -0.25) is 4.79 Å². The van der Waals surface area contributed by atoms with Crippen LogP contribution in [0.4, 0.5) is 0 Å². The minimum absolute atomic E-state index is 0.0499. The number of rotatable bonds is 3. The van der Waals surface area contributed by atoms with E-state index in [9.17, 15) is 14.7 Å². The van der Waals surface area contributed by atoms with Crippen LogP contribution in [0.2, 0.25) is 0 Å². The SMILES string of the molecule is O=C([O-])CCN1CCCC1=O. The number of likely N-dealkylation sites (tertiary alicyclic amines) is 1. The van der Waals surface area contributed by atoms with Gasteiger partial charge < -0.3 is 14.8 Å². The third kappa shape index (κ3) is 2.22. The first kappa shape index (κ1) is 8.04. The highest BCUT2D eigenvalue weighted by atomic mass is 16.4. The molecule has 1 fully saturated rings. The maximum absolute atomic E-state index is 10.9. The lowest BCUT2D eigenvalue weighted by Gasteiger charge is -2.14. The monoisotopic (exact) mass is 156 g/mol. The van der Waals surface area contributed by atoms with E-state index < -0.39 is 5.97 Å². The number of amides is 1. The standard InChI is InChI=1S/C7H11NO3/c9-6-2-1-4-8(6)5-3-7(10)11/h1-5H2,(H,10,11)/p-1. The molecule has 1 heterocycles. The van der Waals surface area contributed by atoms with Gasteiger partial charge in [-0.1, -0.05) is 0 Å². The molecule has 1 saturated heterocycles. The Hall–Kier alpha value is -1.06. The second-order valence-corrected chi connectivity index (χ2v) is 2.61. The molecule has 0 aliphatic carbocycles. The summed E-state index contributed by atoms with van der Waals surface area (Å²) in [4.78, 5) is 22.5. The Bertz CT molecular complexity index is 179. The summed E-state index contributed by atoms with van der Waals surface area (Å²) in [5, 5.41) is 10.0. The number of hydrogen-bond donors (Lipinski definition) is 0. The summed E-state index contributed by atoms with van der Waals surface area (Å²) < 4.78 is 0. The average Bonchev–Trinajstić information content (AvgIpc) is 2.31. The fourth-order valence-corrected chi connectivity index (χ4v) is 1.17. The number of hydrogen-bond acceptors (Lipinski definition) is 3. The van der Waals surface area contributed by atoms with E-state index in [1.165, 1.54) is 0 Å². The molecule has 0 N–H and O–H groups in total. The van der Waals surface area contributed by atoms with Gasteiger partial charge >= 0.3 is 0 Å². The Morgan fingerprint density at radius 2 is 2.36 bits per heavy atom. The number of carbonyl (C=O) groups excluding carboxylic acids is 2. The van der Waals surface area contributed by atoms with Gasteiger partial charge in [-0.15, -0.1) is 0 Å². The van der Waals surface area contributed by atoms with Gasteiger partial charge in [0.1, 0.15) is 0 Å². The van der Waals surface area contributed by atoms with E-state index in [-0.39, 0.29) is 12.3 Å². The van der Waals surface area contributed by atoms with E-state index in [1.54, 1.807) is 4.90 Å². The third-order valence-electron chi connectivity index (χ3n) is 1.76. The quantitative estimate of drug-likeness (QED) is 0.513. The largest absolute Gasteiger partial charge is 0.550 e. The van der Waals surface area contributed by atoms with Gasteiger partial charge in [0.15, 0.2) is 0 Å². The molecule has 11 heavy (non-hydrogen) atoms. The number of nitrogens with zero attached hydrogens (tertiary/aromatic N) is 1. The van der Waals surface area contributed by atoms with Gasteiger partial charge in [0, 0.05) is 31.9 Å². The molecule has 0 unspecified atom stereocenters. The van der Waals surface area contributed by atoms with E-state index in [0.717, 1.165) is 6.42 Å². The number of carboxylic acid groups (broad SMARTS) is 1. The van der Waals surface area contributed by atoms with Gasteiger partial charge in [0.2, 0.25) is 5.91 Å². The first-order valence-corrected chi connectivity index (χ1v) is 3.68. The van der Waals surface area contributed by atoms with Crippen LogP contribution in [0.3, 0.4) is 0 Å². The average molecular weight is 156 g/mol. The van der Waals surface area contributed by atoms with Gasteiger partial charge in [-0.2, -0.15) is 0 Å². The van der Waals surface area contributed by atoms with E-state index >= 15 is 0 Å². The first-order valence-electron chi connectivity index (χ1n) is 3.68. The summed E-state index contributed by atoms with van der Waals surface area (Å²) in [6, 6.07) is 0. The zero-order chi connectivity index (χ0) is 8.27. The molecule has 0 aromatic carbocycles.